The molecule has 0 aliphatic carbocycles. The Hall–Kier alpha value is -0.00662. The normalized spacial score (nSPS) is 9.09. The minimum Gasteiger partial charge on any atom is -1.00 e. The van der Waals surface area contributed by atoms with E-state index in [1.54, 1.807) is 0 Å². The van der Waals surface area contributed by atoms with E-state index in [9.17, 15) is 8.78 Å². The standard InChI is InChI=1S/C7H5F2.ClH.Zn/c1-5-2-6(8)4-7(9)3-5;;/h2-4H,1H2;1H;/q;;+1/p-1. The summed E-state index contributed by atoms with van der Waals surface area (Å²) in [6.07, 6.45) is 0. The van der Waals surface area contributed by atoms with Crippen LogP contribution in [-0.4, -0.2) is 0 Å². The van der Waals surface area contributed by atoms with Gasteiger partial charge < -0.3 is 12.4 Å². The zero-order valence-electron chi connectivity index (χ0n) is 5.78. The molecule has 0 amide bonds. The average Bonchev–Trinajstić information content (AvgIpc) is 1.85. The second-order valence-corrected chi connectivity index (χ2v) is 3.08. The van der Waals surface area contributed by atoms with E-state index in [0.717, 1.165) is 34.9 Å². The van der Waals surface area contributed by atoms with E-state index in [2.05, 4.69) is 0 Å². The molecule has 0 aliphatic heterocycles. The van der Waals surface area contributed by atoms with E-state index >= 15 is 0 Å². The number of benzene rings is 1. The van der Waals surface area contributed by atoms with Gasteiger partial charge in [-0.1, -0.05) is 0 Å². The predicted molar refractivity (Wildman–Crippen MR) is 30.1 cm³/mol. The van der Waals surface area contributed by atoms with E-state index < -0.39 is 11.6 Å². The van der Waals surface area contributed by atoms with Crippen molar-refractivity contribution in [3.63, 3.8) is 0 Å². The Balaban J connectivity index is 0.000001000. The molecule has 0 radical (unpaired) electrons. The second kappa shape index (κ2) is 4.79. The fourth-order valence-electron chi connectivity index (χ4n) is 0.755. The first-order valence-corrected chi connectivity index (χ1v) is 5.06. The molecule has 0 heterocycles. The Morgan fingerprint density at radius 3 is 1.91 bits per heavy atom. The molecule has 0 aliphatic rings. The van der Waals surface area contributed by atoms with Crippen LogP contribution in [0, 0.1) is 11.6 Å². The van der Waals surface area contributed by atoms with Crippen LogP contribution in [0.15, 0.2) is 18.2 Å². The van der Waals surface area contributed by atoms with Crippen molar-refractivity contribution in [1.29, 1.82) is 0 Å². The SMILES string of the molecule is Fc1cc(F)cc([CH2][Zn+])c1.[Cl-]. The molecule has 0 saturated heterocycles. The fourth-order valence-corrected chi connectivity index (χ4v) is 1.36. The molecule has 1 rings (SSSR count). The number of hydrogen-bond acceptors (Lipinski definition) is 0. The van der Waals surface area contributed by atoms with Gasteiger partial charge in [-0.3, -0.25) is 0 Å². The van der Waals surface area contributed by atoms with E-state index in [-0.39, 0.29) is 12.4 Å². The topological polar surface area (TPSA) is 0 Å². The molecule has 0 atom stereocenters. The zero-order chi connectivity index (χ0) is 7.56. The van der Waals surface area contributed by atoms with Crippen molar-refractivity contribution < 1.29 is 39.5 Å². The first kappa shape index (κ1) is 11.0. The van der Waals surface area contributed by atoms with Gasteiger partial charge in [0.05, 0.1) is 0 Å². The van der Waals surface area contributed by atoms with Gasteiger partial charge in [-0.2, -0.15) is 0 Å². The molecule has 56 valence electrons. The first-order valence-electron chi connectivity index (χ1n) is 2.96. The van der Waals surface area contributed by atoms with Crippen LogP contribution in [0.3, 0.4) is 0 Å². The molecule has 0 N–H and O–H groups in total. The van der Waals surface area contributed by atoms with Crippen molar-refractivity contribution in [2.24, 2.45) is 0 Å². The van der Waals surface area contributed by atoms with E-state index in [4.69, 9.17) is 0 Å². The molecule has 1 aromatic carbocycles. The average molecular weight is 228 g/mol. The summed E-state index contributed by atoms with van der Waals surface area (Å²) in [6.45, 7) is 0. The Kier molecular flexibility index (Phi) is 4.78. The van der Waals surface area contributed by atoms with Crippen molar-refractivity contribution in [3.05, 3.63) is 35.4 Å². The van der Waals surface area contributed by atoms with Crippen LogP contribution in [0.25, 0.3) is 0 Å². The minimum absolute atomic E-state index is 0. The molecule has 0 aromatic heterocycles. The van der Waals surface area contributed by atoms with Crippen molar-refractivity contribution >= 4 is 0 Å². The van der Waals surface area contributed by atoms with Crippen LogP contribution in [0.2, 0.25) is 0 Å². The second-order valence-electron chi connectivity index (χ2n) is 2.03. The van der Waals surface area contributed by atoms with Crippen molar-refractivity contribution in [1.82, 2.24) is 0 Å². The molecule has 0 unspecified atom stereocenters. The van der Waals surface area contributed by atoms with Crippen molar-refractivity contribution in [2.75, 3.05) is 0 Å². The van der Waals surface area contributed by atoms with Crippen LogP contribution >= 0.6 is 0 Å². The Bertz CT molecular complexity index is 220. The maximum Gasteiger partial charge on any atom is -1.00 e. The molecule has 0 fully saturated rings. The van der Waals surface area contributed by atoms with E-state index in [1.807, 2.05) is 0 Å². The molecular formula is C7H5ClF2Zn. The van der Waals surface area contributed by atoms with Gasteiger partial charge >= 0.3 is 67.5 Å². The number of halogens is 3. The minimum atomic E-state index is -0.483. The molecule has 0 nitrogen and oxygen atoms in total. The van der Waals surface area contributed by atoms with Gasteiger partial charge in [0.1, 0.15) is 0 Å². The van der Waals surface area contributed by atoms with Crippen LogP contribution in [-0.2, 0) is 23.3 Å². The third-order valence-electron chi connectivity index (χ3n) is 1.21. The third kappa shape index (κ3) is 3.26. The summed E-state index contributed by atoms with van der Waals surface area (Å²) in [5.74, 6) is -0.966. The summed E-state index contributed by atoms with van der Waals surface area (Å²) in [4.78, 5) is 0. The van der Waals surface area contributed by atoms with Gasteiger partial charge in [0, 0.05) is 0 Å². The summed E-state index contributed by atoms with van der Waals surface area (Å²) in [5, 5.41) is 0.786. The van der Waals surface area contributed by atoms with Crippen LogP contribution < -0.4 is 12.4 Å². The number of rotatable bonds is 1. The van der Waals surface area contributed by atoms with Crippen LogP contribution in [0.4, 0.5) is 8.78 Å². The van der Waals surface area contributed by atoms with Gasteiger partial charge in [0.15, 0.2) is 0 Å². The fraction of sp³-hybridized carbons (Fsp3) is 0.143. The third-order valence-corrected chi connectivity index (χ3v) is 2.42. The maximum atomic E-state index is 12.4. The van der Waals surface area contributed by atoms with Gasteiger partial charge in [0.25, 0.3) is 0 Å². The summed E-state index contributed by atoms with van der Waals surface area (Å²) in [7, 11) is 0. The molecule has 4 heteroatoms. The summed E-state index contributed by atoms with van der Waals surface area (Å²) in [6, 6.07) is 3.62. The quantitative estimate of drug-likeness (QED) is 0.542. The zero-order valence-corrected chi connectivity index (χ0v) is 9.50. The van der Waals surface area contributed by atoms with Crippen LogP contribution in [0.1, 0.15) is 5.56 Å². The largest absolute Gasteiger partial charge is 1.00 e. The van der Waals surface area contributed by atoms with Crippen molar-refractivity contribution in [2.45, 2.75) is 5.02 Å². The van der Waals surface area contributed by atoms with E-state index in [1.165, 1.54) is 12.1 Å². The van der Waals surface area contributed by atoms with Gasteiger partial charge in [0.2, 0.25) is 0 Å². The smallest absolute Gasteiger partial charge is 1.00 e. The Labute approximate surface area is 80.1 Å². The first-order chi connectivity index (χ1) is 4.72. The summed E-state index contributed by atoms with van der Waals surface area (Å²) in [5.41, 5.74) is 0.748. The molecular weight excluding hydrogens is 223 g/mol. The molecule has 11 heavy (non-hydrogen) atoms. The molecule has 0 bridgehead atoms. The molecule has 0 spiro atoms. The van der Waals surface area contributed by atoms with Gasteiger partial charge in [-0.15, -0.1) is 0 Å². The predicted octanol–water partition coefficient (Wildman–Crippen LogP) is -0.984. The van der Waals surface area contributed by atoms with Gasteiger partial charge in [-0.25, -0.2) is 0 Å². The van der Waals surface area contributed by atoms with Crippen LogP contribution in [0.5, 0.6) is 0 Å². The number of hydrogen-bond donors (Lipinski definition) is 0. The van der Waals surface area contributed by atoms with Crippen molar-refractivity contribution in [3.8, 4) is 0 Å². The molecule has 0 saturated carbocycles. The molecule has 1 aromatic rings. The Morgan fingerprint density at radius 2 is 1.55 bits per heavy atom. The Morgan fingerprint density at radius 1 is 1.09 bits per heavy atom. The monoisotopic (exact) mass is 226 g/mol. The van der Waals surface area contributed by atoms with Gasteiger partial charge in [-0.05, 0) is 0 Å². The summed E-state index contributed by atoms with van der Waals surface area (Å²) >= 11 is 1.03. The van der Waals surface area contributed by atoms with E-state index in [0.29, 0.717) is 0 Å². The summed E-state index contributed by atoms with van der Waals surface area (Å²) < 4.78 is 24.8. The maximum absolute atomic E-state index is 12.4.